The maximum absolute atomic E-state index is 9.06. The second kappa shape index (κ2) is 6.44. The van der Waals surface area contributed by atoms with E-state index in [0.29, 0.717) is 11.3 Å². The van der Waals surface area contributed by atoms with E-state index in [-0.39, 0.29) is 0 Å². The molecule has 1 aliphatic rings. The van der Waals surface area contributed by atoms with E-state index in [2.05, 4.69) is 23.2 Å². The SMILES string of the molecule is CC1CCN(CCNc2ccc(N)cc2C#N)CC1. The highest BCUT2D eigenvalue weighted by atomic mass is 15.1. The normalized spacial score (nSPS) is 17.1. The molecule has 0 aromatic heterocycles. The van der Waals surface area contributed by atoms with Crippen LogP contribution in [0, 0.1) is 17.2 Å². The van der Waals surface area contributed by atoms with Crippen molar-refractivity contribution in [2.24, 2.45) is 5.92 Å². The Balaban J connectivity index is 1.81. The summed E-state index contributed by atoms with van der Waals surface area (Å²) < 4.78 is 0. The molecule has 1 heterocycles. The summed E-state index contributed by atoms with van der Waals surface area (Å²) in [6.45, 7) is 6.60. The number of likely N-dealkylation sites (tertiary alicyclic amines) is 1. The highest BCUT2D eigenvalue weighted by Crippen LogP contribution is 2.18. The molecule has 4 heteroatoms. The van der Waals surface area contributed by atoms with E-state index in [1.165, 1.54) is 25.9 Å². The smallest absolute Gasteiger partial charge is 0.101 e. The third-order valence-corrected chi connectivity index (χ3v) is 3.78. The number of nitrogens with one attached hydrogen (secondary N) is 1. The van der Waals surface area contributed by atoms with Crippen molar-refractivity contribution in [3.05, 3.63) is 23.8 Å². The highest BCUT2D eigenvalue weighted by Gasteiger charge is 2.14. The summed E-state index contributed by atoms with van der Waals surface area (Å²) in [5, 5.41) is 12.4. The van der Waals surface area contributed by atoms with Gasteiger partial charge in [-0.05, 0) is 50.0 Å². The number of rotatable bonds is 4. The molecule has 1 aliphatic heterocycles. The summed E-state index contributed by atoms with van der Waals surface area (Å²) in [6, 6.07) is 7.59. The molecule has 19 heavy (non-hydrogen) atoms. The molecule has 102 valence electrons. The van der Waals surface area contributed by atoms with Crippen LogP contribution < -0.4 is 11.1 Å². The zero-order chi connectivity index (χ0) is 13.7. The molecule has 0 saturated carbocycles. The van der Waals surface area contributed by atoms with Crippen LogP contribution in [0.1, 0.15) is 25.3 Å². The minimum atomic E-state index is 0.618. The third kappa shape index (κ3) is 3.87. The molecule has 1 fully saturated rings. The molecular weight excluding hydrogens is 236 g/mol. The maximum Gasteiger partial charge on any atom is 0.101 e. The molecule has 4 nitrogen and oxygen atoms in total. The van der Waals surface area contributed by atoms with E-state index in [1.807, 2.05) is 12.1 Å². The van der Waals surface area contributed by atoms with Crippen LogP contribution in [0.3, 0.4) is 0 Å². The van der Waals surface area contributed by atoms with Gasteiger partial charge in [-0.2, -0.15) is 5.26 Å². The summed E-state index contributed by atoms with van der Waals surface area (Å²) in [6.07, 6.45) is 2.59. The Hall–Kier alpha value is -1.73. The predicted octanol–water partition coefficient (Wildman–Crippen LogP) is 2.28. The number of anilines is 2. The zero-order valence-corrected chi connectivity index (χ0v) is 11.5. The number of piperidine rings is 1. The number of nitriles is 1. The van der Waals surface area contributed by atoms with Crippen molar-refractivity contribution >= 4 is 11.4 Å². The van der Waals surface area contributed by atoms with Crippen molar-refractivity contribution in [3.8, 4) is 6.07 Å². The number of nitrogen functional groups attached to an aromatic ring is 1. The van der Waals surface area contributed by atoms with Gasteiger partial charge in [0.2, 0.25) is 0 Å². The van der Waals surface area contributed by atoms with Gasteiger partial charge in [0.15, 0.2) is 0 Å². The van der Waals surface area contributed by atoms with Crippen LogP contribution in [0.25, 0.3) is 0 Å². The fourth-order valence-corrected chi connectivity index (χ4v) is 2.44. The molecule has 0 bridgehead atoms. The van der Waals surface area contributed by atoms with Gasteiger partial charge in [0.05, 0.1) is 11.3 Å². The number of benzene rings is 1. The first kappa shape index (κ1) is 13.7. The van der Waals surface area contributed by atoms with Gasteiger partial charge in [-0.3, -0.25) is 0 Å². The van der Waals surface area contributed by atoms with E-state index in [1.54, 1.807) is 6.07 Å². The first-order chi connectivity index (χ1) is 9.19. The van der Waals surface area contributed by atoms with Gasteiger partial charge < -0.3 is 16.0 Å². The Labute approximate surface area is 115 Å². The highest BCUT2D eigenvalue weighted by molar-refractivity contribution is 5.62. The Morgan fingerprint density at radius 1 is 1.42 bits per heavy atom. The Morgan fingerprint density at radius 2 is 2.16 bits per heavy atom. The Kier molecular flexibility index (Phi) is 4.64. The number of hydrogen-bond donors (Lipinski definition) is 2. The first-order valence-electron chi connectivity index (χ1n) is 6.95. The van der Waals surface area contributed by atoms with Crippen molar-refractivity contribution in [2.45, 2.75) is 19.8 Å². The van der Waals surface area contributed by atoms with Gasteiger partial charge in [0, 0.05) is 18.8 Å². The van der Waals surface area contributed by atoms with Crippen molar-refractivity contribution in [1.29, 1.82) is 5.26 Å². The predicted molar refractivity (Wildman–Crippen MR) is 78.9 cm³/mol. The van der Waals surface area contributed by atoms with Gasteiger partial charge in [0.25, 0.3) is 0 Å². The maximum atomic E-state index is 9.06. The lowest BCUT2D eigenvalue weighted by Crippen LogP contribution is -2.36. The topological polar surface area (TPSA) is 65.1 Å². The quantitative estimate of drug-likeness (QED) is 0.813. The lowest BCUT2D eigenvalue weighted by atomic mass is 9.99. The second-order valence-electron chi connectivity index (χ2n) is 5.37. The van der Waals surface area contributed by atoms with Gasteiger partial charge in [-0.1, -0.05) is 6.92 Å². The molecule has 1 aromatic rings. The fourth-order valence-electron chi connectivity index (χ4n) is 2.44. The van der Waals surface area contributed by atoms with Crippen molar-refractivity contribution in [1.82, 2.24) is 4.90 Å². The summed E-state index contributed by atoms with van der Waals surface area (Å²) in [5.41, 5.74) is 7.80. The average Bonchev–Trinajstić information content (AvgIpc) is 2.42. The van der Waals surface area contributed by atoms with Gasteiger partial charge >= 0.3 is 0 Å². The van der Waals surface area contributed by atoms with E-state index < -0.39 is 0 Å². The molecule has 2 rings (SSSR count). The third-order valence-electron chi connectivity index (χ3n) is 3.78. The monoisotopic (exact) mass is 258 g/mol. The van der Waals surface area contributed by atoms with Crippen LogP contribution in [-0.2, 0) is 0 Å². The molecule has 0 amide bonds. The molecule has 0 atom stereocenters. The average molecular weight is 258 g/mol. The lowest BCUT2D eigenvalue weighted by Gasteiger charge is -2.30. The molecular formula is C15H22N4. The van der Waals surface area contributed by atoms with Crippen LogP contribution in [-0.4, -0.2) is 31.1 Å². The fraction of sp³-hybridized carbons (Fsp3) is 0.533. The Bertz CT molecular complexity index is 456. The van der Waals surface area contributed by atoms with E-state index in [4.69, 9.17) is 11.0 Å². The zero-order valence-electron chi connectivity index (χ0n) is 11.5. The van der Waals surface area contributed by atoms with Crippen LogP contribution >= 0.6 is 0 Å². The number of hydrogen-bond acceptors (Lipinski definition) is 4. The van der Waals surface area contributed by atoms with Gasteiger partial charge in [0.1, 0.15) is 6.07 Å². The number of nitrogens with two attached hydrogens (primary N) is 1. The molecule has 1 aromatic carbocycles. The van der Waals surface area contributed by atoms with Crippen LogP contribution in [0.5, 0.6) is 0 Å². The van der Waals surface area contributed by atoms with Gasteiger partial charge in [-0.15, -0.1) is 0 Å². The van der Waals surface area contributed by atoms with Crippen molar-refractivity contribution < 1.29 is 0 Å². The van der Waals surface area contributed by atoms with Crippen LogP contribution in [0.15, 0.2) is 18.2 Å². The van der Waals surface area contributed by atoms with E-state index in [0.717, 1.165) is 24.7 Å². The molecule has 0 unspecified atom stereocenters. The molecule has 0 radical (unpaired) electrons. The summed E-state index contributed by atoms with van der Waals surface area (Å²) in [5.74, 6) is 0.867. The first-order valence-corrected chi connectivity index (χ1v) is 6.95. The van der Waals surface area contributed by atoms with Crippen molar-refractivity contribution in [3.63, 3.8) is 0 Å². The molecule has 1 saturated heterocycles. The molecule has 0 aliphatic carbocycles. The van der Waals surface area contributed by atoms with E-state index in [9.17, 15) is 0 Å². The van der Waals surface area contributed by atoms with E-state index >= 15 is 0 Å². The summed E-state index contributed by atoms with van der Waals surface area (Å²) in [7, 11) is 0. The second-order valence-corrected chi connectivity index (χ2v) is 5.37. The van der Waals surface area contributed by atoms with Crippen molar-refractivity contribution in [2.75, 3.05) is 37.2 Å². The van der Waals surface area contributed by atoms with Gasteiger partial charge in [-0.25, -0.2) is 0 Å². The lowest BCUT2D eigenvalue weighted by molar-refractivity contribution is 0.199. The van der Waals surface area contributed by atoms with Crippen LogP contribution in [0.4, 0.5) is 11.4 Å². The summed E-state index contributed by atoms with van der Waals surface area (Å²) >= 11 is 0. The molecule has 3 N–H and O–H groups in total. The minimum Gasteiger partial charge on any atom is -0.399 e. The standard InChI is InChI=1S/C15H22N4/c1-12-4-7-19(8-5-12)9-6-18-15-3-2-14(17)10-13(15)11-16/h2-3,10,12,18H,4-9,17H2,1H3. The summed E-state index contributed by atoms with van der Waals surface area (Å²) in [4.78, 5) is 2.48. The Morgan fingerprint density at radius 3 is 2.84 bits per heavy atom. The van der Waals surface area contributed by atoms with Crippen LogP contribution in [0.2, 0.25) is 0 Å². The minimum absolute atomic E-state index is 0.618. The largest absolute Gasteiger partial charge is 0.399 e. The number of nitrogens with zero attached hydrogens (tertiary/aromatic N) is 2. The molecule has 0 spiro atoms.